The average molecular weight is 355 g/mol. The molecule has 1 aliphatic heterocycles. The van der Waals surface area contributed by atoms with Crippen molar-refractivity contribution in [2.24, 2.45) is 0 Å². The summed E-state index contributed by atoms with van der Waals surface area (Å²) in [5.74, 6) is -0.139. The number of anilines is 1. The van der Waals surface area contributed by atoms with Crippen molar-refractivity contribution in [3.63, 3.8) is 0 Å². The molecule has 116 valence electrons. The number of esters is 1. The van der Waals surface area contributed by atoms with E-state index in [1.54, 1.807) is 0 Å². The Labute approximate surface area is 135 Å². The first-order chi connectivity index (χ1) is 9.83. The Kier molecular flexibility index (Phi) is 5.27. The summed E-state index contributed by atoms with van der Waals surface area (Å²) in [6.07, 6.45) is 0. The summed E-state index contributed by atoms with van der Waals surface area (Å²) >= 11 is 3.45. The third kappa shape index (κ3) is 5.32. The molecule has 4 nitrogen and oxygen atoms in total. The molecule has 1 saturated heterocycles. The van der Waals surface area contributed by atoms with E-state index >= 15 is 0 Å². The topological polar surface area (TPSA) is 32.8 Å². The number of hydrogen-bond acceptors (Lipinski definition) is 4. The molecule has 0 radical (unpaired) electrons. The van der Waals surface area contributed by atoms with Gasteiger partial charge in [0.1, 0.15) is 5.60 Å². The van der Waals surface area contributed by atoms with Crippen molar-refractivity contribution < 1.29 is 9.53 Å². The van der Waals surface area contributed by atoms with Gasteiger partial charge in [-0.1, -0.05) is 15.9 Å². The number of ether oxygens (including phenoxy) is 1. The lowest BCUT2D eigenvalue weighted by atomic mass is 10.2. The van der Waals surface area contributed by atoms with Crippen LogP contribution in [0.2, 0.25) is 0 Å². The smallest absolute Gasteiger partial charge is 0.320 e. The SMILES string of the molecule is CC(C)(C)OC(=O)CN1CCN(c2ccc(Br)cc2)CC1. The highest BCUT2D eigenvalue weighted by atomic mass is 79.9. The zero-order chi connectivity index (χ0) is 15.5. The fourth-order valence-corrected chi connectivity index (χ4v) is 2.64. The van der Waals surface area contributed by atoms with Crippen LogP contribution in [0.1, 0.15) is 20.8 Å². The average Bonchev–Trinajstić information content (AvgIpc) is 2.38. The summed E-state index contributed by atoms with van der Waals surface area (Å²) in [6, 6.07) is 8.35. The number of benzene rings is 1. The molecule has 0 N–H and O–H groups in total. The van der Waals surface area contributed by atoms with Gasteiger partial charge < -0.3 is 9.64 Å². The number of carbonyl (C=O) groups excluding carboxylic acids is 1. The van der Waals surface area contributed by atoms with Crippen LogP contribution in [0.25, 0.3) is 0 Å². The maximum Gasteiger partial charge on any atom is 0.320 e. The lowest BCUT2D eigenvalue weighted by Gasteiger charge is -2.36. The standard InChI is InChI=1S/C16H23BrN2O2/c1-16(2,3)21-15(20)12-18-8-10-19(11-9-18)14-6-4-13(17)5-7-14/h4-7H,8-12H2,1-3H3. The van der Waals surface area contributed by atoms with Crippen molar-refractivity contribution in [1.82, 2.24) is 4.90 Å². The second-order valence-electron chi connectivity index (χ2n) is 6.33. The van der Waals surface area contributed by atoms with Gasteiger partial charge >= 0.3 is 5.97 Å². The van der Waals surface area contributed by atoms with Gasteiger partial charge in [-0.3, -0.25) is 9.69 Å². The minimum Gasteiger partial charge on any atom is -0.459 e. The Hall–Kier alpha value is -1.07. The molecule has 1 aromatic carbocycles. The van der Waals surface area contributed by atoms with Crippen LogP contribution < -0.4 is 4.90 Å². The Morgan fingerprint density at radius 2 is 1.71 bits per heavy atom. The fraction of sp³-hybridized carbons (Fsp3) is 0.562. The summed E-state index contributed by atoms with van der Waals surface area (Å²) in [7, 11) is 0. The van der Waals surface area contributed by atoms with Crippen molar-refractivity contribution >= 4 is 27.6 Å². The highest BCUT2D eigenvalue weighted by molar-refractivity contribution is 9.10. The van der Waals surface area contributed by atoms with Crippen LogP contribution in [0.15, 0.2) is 28.7 Å². The molecule has 0 atom stereocenters. The number of hydrogen-bond donors (Lipinski definition) is 0. The number of halogens is 1. The van der Waals surface area contributed by atoms with E-state index in [2.05, 4.69) is 50.0 Å². The van der Waals surface area contributed by atoms with Crippen LogP contribution in [-0.2, 0) is 9.53 Å². The third-order valence-electron chi connectivity index (χ3n) is 3.34. The monoisotopic (exact) mass is 354 g/mol. The van der Waals surface area contributed by atoms with Crippen molar-refractivity contribution in [2.45, 2.75) is 26.4 Å². The maximum absolute atomic E-state index is 11.8. The quantitative estimate of drug-likeness (QED) is 0.781. The molecule has 0 spiro atoms. The second-order valence-corrected chi connectivity index (χ2v) is 7.24. The predicted molar refractivity (Wildman–Crippen MR) is 88.6 cm³/mol. The number of nitrogens with zero attached hydrogens (tertiary/aromatic N) is 2. The molecule has 0 saturated carbocycles. The highest BCUT2D eigenvalue weighted by Crippen LogP contribution is 2.19. The van der Waals surface area contributed by atoms with Gasteiger partial charge in [0.05, 0.1) is 6.54 Å². The Morgan fingerprint density at radius 1 is 1.14 bits per heavy atom. The summed E-state index contributed by atoms with van der Waals surface area (Å²) < 4.78 is 6.46. The zero-order valence-corrected chi connectivity index (χ0v) is 14.5. The van der Waals surface area contributed by atoms with E-state index in [1.165, 1.54) is 5.69 Å². The first-order valence-electron chi connectivity index (χ1n) is 7.28. The first kappa shape index (κ1) is 16.3. The number of carbonyl (C=O) groups is 1. The van der Waals surface area contributed by atoms with Gasteiger partial charge in [-0.25, -0.2) is 0 Å². The van der Waals surface area contributed by atoms with Crippen molar-refractivity contribution in [2.75, 3.05) is 37.6 Å². The molecule has 1 fully saturated rings. The van der Waals surface area contributed by atoms with E-state index in [1.807, 2.05) is 20.8 Å². The van der Waals surface area contributed by atoms with Crippen LogP contribution in [0.5, 0.6) is 0 Å². The van der Waals surface area contributed by atoms with E-state index in [4.69, 9.17) is 4.74 Å². The maximum atomic E-state index is 11.8. The molecule has 0 unspecified atom stereocenters. The van der Waals surface area contributed by atoms with Crippen LogP contribution in [0, 0.1) is 0 Å². The largest absolute Gasteiger partial charge is 0.459 e. The van der Waals surface area contributed by atoms with Gasteiger partial charge in [0, 0.05) is 36.3 Å². The normalized spacial score (nSPS) is 16.9. The third-order valence-corrected chi connectivity index (χ3v) is 3.87. The second kappa shape index (κ2) is 6.79. The predicted octanol–water partition coefficient (Wildman–Crippen LogP) is 2.91. The number of rotatable bonds is 3. The van der Waals surface area contributed by atoms with E-state index < -0.39 is 5.60 Å². The van der Waals surface area contributed by atoms with Crippen LogP contribution >= 0.6 is 15.9 Å². The van der Waals surface area contributed by atoms with Gasteiger partial charge in [-0.2, -0.15) is 0 Å². The van der Waals surface area contributed by atoms with Gasteiger partial charge in [-0.15, -0.1) is 0 Å². The van der Waals surface area contributed by atoms with E-state index in [9.17, 15) is 4.79 Å². The van der Waals surface area contributed by atoms with E-state index in [0.29, 0.717) is 6.54 Å². The zero-order valence-electron chi connectivity index (χ0n) is 12.9. The van der Waals surface area contributed by atoms with Crippen molar-refractivity contribution in [1.29, 1.82) is 0 Å². The minimum absolute atomic E-state index is 0.139. The van der Waals surface area contributed by atoms with Gasteiger partial charge in [-0.05, 0) is 45.0 Å². The molecule has 0 amide bonds. The highest BCUT2D eigenvalue weighted by Gasteiger charge is 2.22. The lowest BCUT2D eigenvalue weighted by Crippen LogP contribution is -2.48. The first-order valence-corrected chi connectivity index (χ1v) is 8.07. The molecular weight excluding hydrogens is 332 g/mol. The Bertz CT molecular complexity index is 474. The summed E-state index contributed by atoms with van der Waals surface area (Å²) in [5.41, 5.74) is 0.825. The lowest BCUT2D eigenvalue weighted by molar-refractivity contribution is -0.156. The molecule has 0 bridgehead atoms. The molecule has 5 heteroatoms. The van der Waals surface area contributed by atoms with Gasteiger partial charge in [0.15, 0.2) is 0 Å². The molecular formula is C16H23BrN2O2. The molecule has 1 aromatic rings. The molecule has 21 heavy (non-hydrogen) atoms. The number of piperazine rings is 1. The van der Waals surface area contributed by atoms with Gasteiger partial charge in [0.25, 0.3) is 0 Å². The van der Waals surface area contributed by atoms with Gasteiger partial charge in [0.2, 0.25) is 0 Å². The van der Waals surface area contributed by atoms with E-state index in [-0.39, 0.29) is 5.97 Å². The van der Waals surface area contributed by atoms with Crippen molar-refractivity contribution in [3.8, 4) is 0 Å². The fourth-order valence-electron chi connectivity index (χ4n) is 2.37. The molecule has 1 aliphatic rings. The molecule has 2 rings (SSSR count). The van der Waals surface area contributed by atoms with Crippen molar-refractivity contribution in [3.05, 3.63) is 28.7 Å². The summed E-state index contributed by atoms with van der Waals surface area (Å²) in [5, 5.41) is 0. The Morgan fingerprint density at radius 3 is 2.24 bits per heavy atom. The van der Waals surface area contributed by atoms with E-state index in [0.717, 1.165) is 30.7 Å². The molecule has 1 heterocycles. The minimum atomic E-state index is -0.406. The molecule has 0 aliphatic carbocycles. The van der Waals surface area contributed by atoms with Crippen LogP contribution in [-0.4, -0.2) is 49.2 Å². The Balaban J connectivity index is 1.80. The molecule has 0 aromatic heterocycles. The summed E-state index contributed by atoms with van der Waals surface area (Å²) in [6.45, 7) is 9.72. The summed E-state index contributed by atoms with van der Waals surface area (Å²) in [4.78, 5) is 16.3. The van der Waals surface area contributed by atoms with Crippen LogP contribution in [0.4, 0.5) is 5.69 Å². The van der Waals surface area contributed by atoms with Crippen LogP contribution in [0.3, 0.4) is 0 Å².